The Morgan fingerprint density at radius 1 is 0.814 bits per heavy atom. The minimum atomic E-state index is -4.25. The fourth-order valence-corrected chi connectivity index (χ4v) is 6.14. The summed E-state index contributed by atoms with van der Waals surface area (Å²) in [4.78, 5) is 26.6. The predicted octanol–water partition coefficient (Wildman–Crippen LogP) is 5.65. The number of carbonyl (C=O) groups excluding carboxylic acids is 2. The van der Waals surface area contributed by atoms with Crippen molar-refractivity contribution in [1.29, 1.82) is 0 Å². The number of para-hydroxylation sites is 1. The molecule has 4 aromatic rings. The number of hydrogen-bond donors (Lipinski definition) is 2. The van der Waals surface area contributed by atoms with E-state index < -0.39 is 22.5 Å². The quantitative estimate of drug-likeness (QED) is 0.230. The Hall–Kier alpha value is -4.83. The zero-order valence-corrected chi connectivity index (χ0v) is 25.6. The van der Waals surface area contributed by atoms with Gasteiger partial charge in [0.15, 0.2) is 11.5 Å². The number of nitrogens with one attached hydrogen (secondary N) is 2. The van der Waals surface area contributed by atoms with Crippen LogP contribution >= 0.6 is 0 Å². The van der Waals surface area contributed by atoms with Crippen molar-refractivity contribution in [2.45, 2.75) is 31.7 Å². The molecule has 2 N–H and O–H groups in total. The molecule has 0 heterocycles. The van der Waals surface area contributed by atoms with Gasteiger partial charge in [-0.3, -0.25) is 13.9 Å². The highest BCUT2D eigenvalue weighted by molar-refractivity contribution is 7.92. The number of sulfonamides is 1. The van der Waals surface area contributed by atoms with Crippen LogP contribution in [0, 0.1) is 13.8 Å². The Morgan fingerprint density at radius 2 is 1.44 bits per heavy atom. The first-order valence-electron chi connectivity index (χ1n) is 13.6. The normalized spacial score (nSPS) is 11.7. The van der Waals surface area contributed by atoms with Gasteiger partial charge in [-0.1, -0.05) is 48.5 Å². The second-order valence-corrected chi connectivity index (χ2v) is 11.9. The van der Waals surface area contributed by atoms with Crippen molar-refractivity contribution < 1.29 is 27.5 Å². The molecule has 0 saturated carbocycles. The van der Waals surface area contributed by atoms with Crippen LogP contribution in [-0.4, -0.2) is 41.0 Å². The van der Waals surface area contributed by atoms with Gasteiger partial charge >= 0.3 is 0 Å². The van der Waals surface area contributed by atoms with Crippen LogP contribution in [0.2, 0.25) is 0 Å². The molecule has 10 heteroatoms. The van der Waals surface area contributed by atoms with E-state index in [0.29, 0.717) is 11.4 Å². The average Bonchev–Trinajstić information content (AvgIpc) is 2.99. The van der Waals surface area contributed by atoms with Gasteiger partial charge in [-0.2, -0.15) is 0 Å². The van der Waals surface area contributed by atoms with Crippen LogP contribution in [0.15, 0.2) is 95.9 Å². The Bertz CT molecular complexity index is 1700. The molecule has 0 aliphatic rings. The van der Waals surface area contributed by atoms with Crippen LogP contribution in [0.1, 0.15) is 40.0 Å². The number of ether oxygens (including phenoxy) is 2. The van der Waals surface area contributed by atoms with Gasteiger partial charge in [0.05, 0.1) is 42.1 Å². The highest BCUT2D eigenvalue weighted by atomic mass is 32.2. The number of methoxy groups -OCH3 is 2. The van der Waals surface area contributed by atoms with E-state index in [4.69, 9.17) is 9.47 Å². The number of amides is 2. The molecule has 0 bridgehead atoms. The SMILES string of the molecule is COc1ccc(S(=O)(=O)N(CC(=O)Nc2ccccc2C(=O)N[C@H](C)c2ccccc2)c2cc(C)cc(C)c2)cc1OC. The van der Waals surface area contributed by atoms with E-state index in [1.807, 2.05) is 57.2 Å². The highest BCUT2D eigenvalue weighted by Gasteiger charge is 2.29. The van der Waals surface area contributed by atoms with Crippen LogP contribution in [-0.2, 0) is 14.8 Å². The molecule has 0 saturated heterocycles. The topological polar surface area (TPSA) is 114 Å². The number of nitrogens with zero attached hydrogens (tertiary/aromatic N) is 1. The lowest BCUT2D eigenvalue weighted by molar-refractivity contribution is -0.114. The van der Waals surface area contributed by atoms with Gasteiger partial charge in [0.1, 0.15) is 6.54 Å². The second kappa shape index (κ2) is 13.4. The van der Waals surface area contributed by atoms with Gasteiger partial charge in [-0.15, -0.1) is 0 Å². The fraction of sp³-hybridized carbons (Fsp3) is 0.212. The van der Waals surface area contributed by atoms with Crippen molar-refractivity contribution in [3.8, 4) is 11.5 Å². The van der Waals surface area contributed by atoms with Gasteiger partial charge < -0.3 is 20.1 Å². The number of benzene rings is 4. The number of hydrogen-bond acceptors (Lipinski definition) is 6. The third kappa shape index (κ3) is 7.34. The molecule has 1 atom stereocenters. The smallest absolute Gasteiger partial charge is 0.264 e. The Labute approximate surface area is 252 Å². The molecule has 224 valence electrons. The lowest BCUT2D eigenvalue weighted by atomic mass is 10.1. The molecular formula is C33H35N3O6S. The monoisotopic (exact) mass is 601 g/mol. The molecule has 4 aromatic carbocycles. The second-order valence-electron chi connectivity index (χ2n) is 10.1. The zero-order valence-electron chi connectivity index (χ0n) is 24.7. The Kier molecular flexibility index (Phi) is 9.72. The van der Waals surface area contributed by atoms with Crippen LogP contribution in [0.4, 0.5) is 11.4 Å². The van der Waals surface area contributed by atoms with Crippen molar-refractivity contribution >= 4 is 33.2 Å². The van der Waals surface area contributed by atoms with Crippen molar-refractivity contribution in [3.63, 3.8) is 0 Å². The molecule has 0 aliphatic heterocycles. The van der Waals surface area contributed by atoms with Gasteiger partial charge in [-0.05, 0) is 73.9 Å². The molecule has 0 unspecified atom stereocenters. The van der Waals surface area contributed by atoms with Crippen molar-refractivity contribution in [3.05, 3.63) is 113 Å². The molecule has 0 fully saturated rings. The number of rotatable bonds is 11. The van der Waals surface area contributed by atoms with E-state index in [1.165, 1.54) is 32.4 Å². The summed E-state index contributed by atoms with van der Waals surface area (Å²) in [6.45, 7) is 5.03. The summed E-state index contributed by atoms with van der Waals surface area (Å²) in [6.07, 6.45) is 0. The van der Waals surface area contributed by atoms with Gasteiger partial charge in [0.2, 0.25) is 5.91 Å². The first-order chi connectivity index (χ1) is 20.5. The van der Waals surface area contributed by atoms with Gasteiger partial charge in [-0.25, -0.2) is 8.42 Å². The lowest BCUT2D eigenvalue weighted by Crippen LogP contribution is -2.38. The summed E-state index contributed by atoms with van der Waals surface area (Å²) in [5, 5.41) is 5.70. The van der Waals surface area contributed by atoms with Crippen molar-refractivity contribution in [1.82, 2.24) is 5.32 Å². The summed E-state index contributed by atoms with van der Waals surface area (Å²) < 4.78 is 39.7. The Morgan fingerprint density at radius 3 is 2.09 bits per heavy atom. The predicted molar refractivity (Wildman–Crippen MR) is 167 cm³/mol. The third-order valence-corrected chi connectivity index (χ3v) is 8.59. The summed E-state index contributed by atoms with van der Waals surface area (Å²) in [5.74, 6) is -0.400. The standard InChI is InChI=1S/C33H35N3O6S/c1-22-17-23(2)19-26(18-22)36(43(39,40)27-15-16-30(41-4)31(20-27)42-5)21-32(37)35-29-14-10-9-13-28(29)33(38)34-24(3)25-11-7-6-8-12-25/h6-20,24H,21H2,1-5H3,(H,34,38)(H,35,37)/t24-/m1/s1. The molecular weight excluding hydrogens is 566 g/mol. The van der Waals surface area contributed by atoms with E-state index in [1.54, 1.807) is 36.4 Å². The fourth-order valence-electron chi connectivity index (χ4n) is 4.72. The van der Waals surface area contributed by atoms with E-state index in [2.05, 4.69) is 10.6 Å². The first kappa shape index (κ1) is 31.1. The van der Waals surface area contributed by atoms with Crippen LogP contribution in [0.25, 0.3) is 0 Å². The minimum Gasteiger partial charge on any atom is -0.493 e. The van der Waals surface area contributed by atoms with Crippen molar-refractivity contribution in [2.24, 2.45) is 0 Å². The molecule has 0 aromatic heterocycles. The van der Waals surface area contributed by atoms with E-state index >= 15 is 0 Å². The Balaban J connectivity index is 1.64. The zero-order chi connectivity index (χ0) is 31.1. The molecule has 0 spiro atoms. The first-order valence-corrected chi connectivity index (χ1v) is 15.0. The molecule has 0 aliphatic carbocycles. The summed E-state index contributed by atoms with van der Waals surface area (Å²) in [6, 6.07) is 25.4. The van der Waals surface area contributed by atoms with Gasteiger partial charge in [0.25, 0.3) is 15.9 Å². The van der Waals surface area contributed by atoms with E-state index in [-0.39, 0.29) is 33.8 Å². The number of anilines is 2. The summed E-state index contributed by atoms with van der Waals surface area (Å²) in [5.41, 5.74) is 3.43. The maximum Gasteiger partial charge on any atom is 0.264 e. The minimum absolute atomic E-state index is 0.0770. The average molecular weight is 602 g/mol. The molecule has 9 nitrogen and oxygen atoms in total. The molecule has 43 heavy (non-hydrogen) atoms. The van der Waals surface area contributed by atoms with Crippen LogP contribution in [0.5, 0.6) is 11.5 Å². The maximum absolute atomic E-state index is 14.0. The highest BCUT2D eigenvalue weighted by Crippen LogP contribution is 2.33. The molecule has 2 amide bonds. The number of aryl methyl sites for hydroxylation is 2. The molecule has 0 radical (unpaired) electrons. The third-order valence-electron chi connectivity index (χ3n) is 6.82. The maximum atomic E-state index is 14.0. The lowest BCUT2D eigenvalue weighted by Gasteiger charge is -2.25. The van der Waals surface area contributed by atoms with Crippen LogP contribution < -0.4 is 24.4 Å². The van der Waals surface area contributed by atoms with E-state index in [0.717, 1.165) is 21.0 Å². The summed E-state index contributed by atoms with van der Waals surface area (Å²) in [7, 11) is -1.38. The molecule has 4 rings (SSSR count). The largest absolute Gasteiger partial charge is 0.493 e. The van der Waals surface area contributed by atoms with Crippen LogP contribution in [0.3, 0.4) is 0 Å². The van der Waals surface area contributed by atoms with Gasteiger partial charge in [0, 0.05) is 6.07 Å². The van der Waals surface area contributed by atoms with Crippen molar-refractivity contribution in [2.75, 3.05) is 30.4 Å². The summed E-state index contributed by atoms with van der Waals surface area (Å²) >= 11 is 0. The number of carbonyl (C=O) groups is 2. The van der Waals surface area contributed by atoms with E-state index in [9.17, 15) is 18.0 Å².